The Morgan fingerprint density at radius 1 is 1.22 bits per heavy atom. The second-order valence-electron chi connectivity index (χ2n) is 5.27. The van der Waals surface area contributed by atoms with Crippen molar-refractivity contribution in [3.8, 4) is 5.75 Å². The second-order valence-corrected chi connectivity index (χ2v) is 6.50. The molecule has 9 heteroatoms. The third-order valence-corrected chi connectivity index (χ3v) is 4.55. The minimum absolute atomic E-state index is 0.362. The number of rotatable bonds is 3. The molecule has 0 aliphatic carbocycles. The van der Waals surface area contributed by atoms with E-state index in [2.05, 4.69) is 20.9 Å². The number of ether oxygens (including phenoxy) is 2. The van der Waals surface area contributed by atoms with Gasteiger partial charge in [0, 0.05) is 10.4 Å². The molecule has 1 fully saturated rings. The lowest BCUT2D eigenvalue weighted by Crippen LogP contribution is -2.60. The summed E-state index contributed by atoms with van der Waals surface area (Å²) < 4.78 is 11.5. The van der Waals surface area contributed by atoms with Gasteiger partial charge >= 0.3 is 0 Å². The molecule has 0 saturated carbocycles. The molecule has 7 nitrogen and oxygen atoms in total. The average molecular weight is 409 g/mol. The highest BCUT2D eigenvalue weighted by molar-refractivity contribution is 9.10. The highest BCUT2D eigenvalue weighted by Gasteiger charge is 2.45. The maximum atomic E-state index is 10.0. The van der Waals surface area contributed by atoms with E-state index in [4.69, 9.17) is 21.1 Å². The maximum absolute atomic E-state index is 10.0. The third-order valence-electron chi connectivity index (χ3n) is 3.75. The zero-order chi connectivity index (χ0) is 16.7. The molecule has 1 aliphatic rings. The van der Waals surface area contributed by atoms with Crippen molar-refractivity contribution in [3.63, 3.8) is 0 Å². The zero-order valence-electron chi connectivity index (χ0n) is 11.7. The van der Waals surface area contributed by atoms with Crippen LogP contribution < -0.4 is 4.74 Å². The highest BCUT2D eigenvalue weighted by Crippen LogP contribution is 2.37. The number of hydrogen-bond donors (Lipinski definition) is 5. The van der Waals surface area contributed by atoms with Gasteiger partial charge in [-0.15, -0.1) is 0 Å². The van der Waals surface area contributed by atoms with Crippen LogP contribution in [0.1, 0.15) is 0 Å². The fourth-order valence-corrected chi connectivity index (χ4v) is 3.20. The minimum Gasteiger partial charge on any atom is -0.459 e. The molecular weight excluding hydrogens is 394 g/mol. The van der Waals surface area contributed by atoms with Crippen molar-refractivity contribution in [3.05, 3.63) is 27.8 Å². The Balaban J connectivity index is 1.90. The summed E-state index contributed by atoms with van der Waals surface area (Å²) in [5.41, 5.74) is 0.712. The lowest BCUT2D eigenvalue weighted by molar-refractivity contribution is -0.277. The molecule has 0 unspecified atom stereocenters. The van der Waals surface area contributed by atoms with Gasteiger partial charge in [0.25, 0.3) is 0 Å². The van der Waals surface area contributed by atoms with E-state index < -0.39 is 37.3 Å². The van der Waals surface area contributed by atoms with Crippen molar-refractivity contribution >= 4 is 38.4 Å². The molecule has 0 radical (unpaired) electrons. The SMILES string of the molecule is OC[C@H]1O[C@@H](Oc2c(Br)[nH]c3cc(Cl)ccc23)[C@H](O)[C@@H](O)[C@@H]1O. The van der Waals surface area contributed by atoms with E-state index in [-0.39, 0.29) is 0 Å². The van der Waals surface area contributed by atoms with Crippen LogP contribution in [0, 0.1) is 0 Å². The highest BCUT2D eigenvalue weighted by atomic mass is 79.9. The van der Waals surface area contributed by atoms with Crippen molar-refractivity contribution in [2.24, 2.45) is 0 Å². The molecule has 2 heterocycles. The predicted molar refractivity (Wildman–Crippen MR) is 85.4 cm³/mol. The van der Waals surface area contributed by atoms with Gasteiger partial charge in [0.15, 0.2) is 5.75 Å². The van der Waals surface area contributed by atoms with Crippen LogP contribution >= 0.6 is 27.5 Å². The van der Waals surface area contributed by atoms with Gasteiger partial charge in [0.05, 0.1) is 12.1 Å². The molecular formula is C14H15BrClNO6. The third kappa shape index (κ3) is 3.08. The molecule has 0 spiro atoms. The number of fused-ring (bicyclic) bond motifs is 1. The summed E-state index contributed by atoms with van der Waals surface area (Å²) in [7, 11) is 0. The van der Waals surface area contributed by atoms with Crippen LogP contribution in [0.2, 0.25) is 5.02 Å². The van der Waals surface area contributed by atoms with Crippen molar-refractivity contribution in [2.75, 3.05) is 6.61 Å². The maximum Gasteiger partial charge on any atom is 0.229 e. The van der Waals surface area contributed by atoms with Gasteiger partial charge < -0.3 is 34.9 Å². The first-order chi connectivity index (χ1) is 10.9. The van der Waals surface area contributed by atoms with Crippen LogP contribution in [0.4, 0.5) is 0 Å². The normalized spacial score (nSPS) is 31.5. The van der Waals surface area contributed by atoms with Crippen LogP contribution in [0.5, 0.6) is 5.75 Å². The minimum atomic E-state index is -1.50. The van der Waals surface area contributed by atoms with Crippen LogP contribution in [0.3, 0.4) is 0 Å². The number of aliphatic hydroxyl groups is 4. The van der Waals surface area contributed by atoms with Crippen molar-refractivity contribution in [1.29, 1.82) is 0 Å². The van der Waals surface area contributed by atoms with E-state index in [1.165, 1.54) is 0 Å². The smallest absolute Gasteiger partial charge is 0.229 e. The van der Waals surface area contributed by atoms with E-state index >= 15 is 0 Å². The number of benzene rings is 1. The van der Waals surface area contributed by atoms with E-state index in [0.29, 0.717) is 26.3 Å². The summed E-state index contributed by atoms with van der Waals surface area (Å²) >= 11 is 9.26. The first kappa shape index (κ1) is 17.0. The van der Waals surface area contributed by atoms with E-state index in [9.17, 15) is 20.4 Å². The molecule has 0 amide bonds. The number of hydrogen-bond acceptors (Lipinski definition) is 6. The molecule has 5 N–H and O–H groups in total. The number of aromatic nitrogens is 1. The van der Waals surface area contributed by atoms with E-state index in [1.54, 1.807) is 18.2 Å². The van der Waals surface area contributed by atoms with Gasteiger partial charge in [-0.3, -0.25) is 0 Å². The summed E-state index contributed by atoms with van der Waals surface area (Å²) in [6, 6.07) is 5.13. The molecule has 1 saturated heterocycles. The van der Waals surface area contributed by atoms with E-state index in [0.717, 1.165) is 0 Å². The molecule has 1 aliphatic heterocycles. The lowest BCUT2D eigenvalue weighted by Gasteiger charge is -2.39. The fraction of sp³-hybridized carbons (Fsp3) is 0.429. The quantitative estimate of drug-likeness (QED) is 0.512. The zero-order valence-corrected chi connectivity index (χ0v) is 14.0. The number of aliphatic hydroxyl groups excluding tert-OH is 4. The van der Waals surface area contributed by atoms with Gasteiger partial charge in [0.1, 0.15) is 29.0 Å². The Morgan fingerprint density at radius 2 is 1.96 bits per heavy atom. The Morgan fingerprint density at radius 3 is 2.65 bits per heavy atom. The Labute approximate surface area is 144 Å². The van der Waals surface area contributed by atoms with Crippen LogP contribution in [0.15, 0.2) is 22.8 Å². The topological polar surface area (TPSA) is 115 Å². The first-order valence-electron chi connectivity index (χ1n) is 6.86. The number of aromatic amines is 1. The summed E-state index contributed by atoms with van der Waals surface area (Å²) in [4.78, 5) is 3.03. The molecule has 5 atom stereocenters. The summed E-state index contributed by atoms with van der Waals surface area (Å²) in [5.74, 6) is 0.362. The summed E-state index contributed by atoms with van der Waals surface area (Å²) in [6.07, 6.45) is -6.69. The molecule has 2 aromatic rings. The number of nitrogens with one attached hydrogen (secondary N) is 1. The molecule has 0 bridgehead atoms. The standard InChI is InChI=1S/C14H15BrClNO6/c15-13-12(6-2-1-5(16)3-7(6)17-13)23-14-11(21)10(20)9(19)8(4-18)22-14/h1-3,8-11,14,17-21H,4H2/t8-,9-,10+,11-,14+/m1/s1. The van der Waals surface area contributed by atoms with Crippen molar-refractivity contribution in [1.82, 2.24) is 4.98 Å². The lowest BCUT2D eigenvalue weighted by atomic mass is 9.99. The second kappa shape index (κ2) is 6.56. The molecule has 3 rings (SSSR count). The summed E-state index contributed by atoms with van der Waals surface area (Å²) in [5, 5.41) is 40.1. The van der Waals surface area contributed by atoms with Gasteiger partial charge in [-0.25, -0.2) is 0 Å². The van der Waals surface area contributed by atoms with Gasteiger partial charge in [-0.05, 0) is 34.1 Å². The Hall–Kier alpha value is -0.870. The van der Waals surface area contributed by atoms with Crippen molar-refractivity contribution < 1.29 is 29.9 Å². The van der Waals surface area contributed by atoms with Gasteiger partial charge in [0.2, 0.25) is 6.29 Å². The molecule has 126 valence electrons. The average Bonchev–Trinajstić information content (AvgIpc) is 2.82. The molecule has 1 aromatic heterocycles. The Bertz CT molecular complexity index is 708. The van der Waals surface area contributed by atoms with Crippen molar-refractivity contribution in [2.45, 2.75) is 30.7 Å². The van der Waals surface area contributed by atoms with Crippen LogP contribution in [-0.4, -0.2) is 62.7 Å². The van der Waals surface area contributed by atoms with Gasteiger partial charge in [-0.2, -0.15) is 0 Å². The Kier molecular flexibility index (Phi) is 4.84. The number of halogens is 2. The largest absolute Gasteiger partial charge is 0.459 e. The fourth-order valence-electron chi connectivity index (χ4n) is 2.51. The number of H-pyrrole nitrogens is 1. The molecule has 1 aromatic carbocycles. The van der Waals surface area contributed by atoms with Gasteiger partial charge in [-0.1, -0.05) is 11.6 Å². The van der Waals surface area contributed by atoms with Crippen LogP contribution in [-0.2, 0) is 4.74 Å². The monoisotopic (exact) mass is 407 g/mol. The predicted octanol–water partition coefficient (Wildman–Crippen LogP) is 0.762. The van der Waals surface area contributed by atoms with Crippen LogP contribution in [0.25, 0.3) is 10.9 Å². The molecule has 23 heavy (non-hydrogen) atoms. The summed E-state index contributed by atoms with van der Waals surface area (Å²) in [6.45, 7) is -0.518. The van der Waals surface area contributed by atoms with E-state index in [1.807, 2.05) is 0 Å². The first-order valence-corrected chi connectivity index (χ1v) is 8.03.